The molecule has 2 aromatic heterocycles. The van der Waals surface area contributed by atoms with Gasteiger partial charge in [0.15, 0.2) is 0 Å². The van der Waals surface area contributed by atoms with Crippen LogP contribution in [0.2, 0.25) is 0 Å². The van der Waals surface area contributed by atoms with Crippen LogP contribution in [0.25, 0.3) is 10.2 Å². The van der Waals surface area contributed by atoms with Crippen LogP contribution < -0.4 is 0 Å². The lowest BCUT2D eigenvalue weighted by atomic mass is 9.97. The number of ether oxygens (including phenoxy) is 1. The van der Waals surface area contributed by atoms with Crippen LogP contribution in [0.5, 0.6) is 0 Å². The first kappa shape index (κ1) is 18.8. The van der Waals surface area contributed by atoms with E-state index >= 15 is 0 Å². The number of hydrogen-bond acceptors (Lipinski definition) is 6. The van der Waals surface area contributed by atoms with Crippen molar-refractivity contribution in [3.05, 3.63) is 52.4 Å². The van der Waals surface area contributed by atoms with Gasteiger partial charge in [-0.2, -0.15) is 0 Å². The zero-order valence-corrected chi connectivity index (χ0v) is 16.5. The van der Waals surface area contributed by atoms with Gasteiger partial charge in [-0.05, 0) is 37.3 Å². The minimum Gasteiger partial charge on any atom is -0.390 e. The molecule has 3 aromatic rings. The number of nitrogens with zero attached hydrogens (tertiary/aromatic N) is 2. The third-order valence-corrected chi connectivity index (χ3v) is 6.99. The number of thiophene rings is 1. The smallest absolute Gasteiger partial charge is 0.128 e. The molecule has 0 bridgehead atoms. The fraction of sp³-hybridized carbons (Fsp3) is 0.400. The lowest BCUT2D eigenvalue weighted by molar-refractivity contribution is 0.0387. The van der Waals surface area contributed by atoms with Crippen LogP contribution in [-0.4, -0.2) is 33.5 Å². The second-order valence-corrected chi connectivity index (χ2v) is 8.73. The Balaban J connectivity index is 1.36. The molecule has 0 radical (unpaired) electrons. The van der Waals surface area contributed by atoms with E-state index in [0.717, 1.165) is 22.7 Å². The Hall–Kier alpha value is -1.54. The Morgan fingerprint density at radius 2 is 2.07 bits per heavy atom. The highest BCUT2D eigenvalue weighted by Crippen LogP contribution is 2.39. The summed E-state index contributed by atoms with van der Waals surface area (Å²) in [6.07, 6.45) is 5.64. The summed E-state index contributed by atoms with van der Waals surface area (Å²) in [6.45, 7) is 0.321. The molecule has 0 spiro atoms. The summed E-state index contributed by atoms with van der Waals surface area (Å²) in [6, 6.07) is 6.52. The molecule has 27 heavy (non-hydrogen) atoms. The van der Waals surface area contributed by atoms with E-state index in [9.17, 15) is 9.50 Å². The first-order valence-electron chi connectivity index (χ1n) is 9.09. The molecule has 7 heteroatoms. The van der Waals surface area contributed by atoms with Crippen molar-refractivity contribution in [3.8, 4) is 0 Å². The summed E-state index contributed by atoms with van der Waals surface area (Å²) in [4.78, 5) is 11.4. The number of aliphatic hydroxyl groups is 1. The van der Waals surface area contributed by atoms with Crippen molar-refractivity contribution in [3.63, 3.8) is 0 Å². The number of benzene rings is 1. The summed E-state index contributed by atoms with van der Waals surface area (Å²) in [5.74, 6) is 0.195. The minimum absolute atomic E-state index is 0.157. The van der Waals surface area contributed by atoms with Crippen molar-refractivity contribution in [1.82, 2.24) is 9.97 Å². The Labute approximate surface area is 165 Å². The first-order chi connectivity index (χ1) is 13.2. The van der Waals surface area contributed by atoms with Crippen molar-refractivity contribution in [2.24, 2.45) is 0 Å². The summed E-state index contributed by atoms with van der Waals surface area (Å²) in [7, 11) is 0. The van der Waals surface area contributed by atoms with Gasteiger partial charge in [0.2, 0.25) is 0 Å². The Kier molecular flexibility index (Phi) is 6.02. The number of aryl methyl sites for hydroxylation is 2. The predicted octanol–water partition coefficient (Wildman–Crippen LogP) is 4.38. The van der Waals surface area contributed by atoms with Crippen molar-refractivity contribution >= 4 is 33.3 Å². The Morgan fingerprint density at radius 3 is 2.96 bits per heavy atom. The molecule has 4 nitrogen and oxygen atoms in total. The van der Waals surface area contributed by atoms with Gasteiger partial charge in [0, 0.05) is 21.6 Å². The number of thioether (sulfide) groups is 1. The van der Waals surface area contributed by atoms with Crippen LogP contribution in [0.1, 0.15) is 28.8 Å². The molecule has 2 heterocycles. The van der Waals surface area contributed by atoms with Crippen LogP contribution in [0, 0.1) is 5.82 Å². The standard InChI is InChI=1S/C20H21FN2O2S2/c21-16-7-3-1-5-13(16)9-25-10-14(24)11-26-19-18-15-6-2-4-8-17(15)27-20(18)23-12-22-19/h1,3,5,7,12,14,24H,2,4,6,8-11H2/t14-/m1/s1. The first-order valence-corrected chi connectivity index (χ1v) is 10.9. The second-order valence-electron chi connectivity index (χ2n) is 6.64. The van der Waals surface area contributed by atoms with E-state index in [1.807, 2.05) is 0 Å². The summed E-state index contributed by atoms with van der Waals surface area (Å²) in [5, 5.41) is 12.3. The van der Waals surface area contributed by atoms with Gasteiger partial charge in [-0.3, -0.25) is 0 Å². The number of aromatic nitrogens is 2. The van der Waals surface area contributed by atoms with E-state index in [1.165, 1.54) is 46.5 Å². The highest BCUT2D eigenvalue weighted by atomic mass is 32.2. The Morgan fingerprint density at radius 1 is 1.22 bits per heavy atom. The molecule has 0 aliphatic heterocycles. The number of fused-ring (bicyclic) bond motifs is 3. The van der Waals surface area contributed by atoms with E-state index < -0.39 is 6.10 Å². The highest BCUT2D eigenvalue weighted by molar-refractivity contribution is 7.99. The van der Waals surface area contributed by atoms with Crippen LogP contribution in [0.4, 0.5) is 4.39 Å². The molecular formula is C20H21FN2O2S2. The van der Waals surface area contributed by atoms with Gasteiger partial charge < -0.3 is 9.84 Å². The van der Waals surface area contributed by atoms with Gasteiger partial charge >= 0.3 is 0 Å². The van der Waals surface area contributed by atoms with Crippen LogP contribution in [0.15, 0.2) is 35.6 Å². The number of hydrogen-bond donors (Lipinski definition) is 1. The second kappa shape index (κ2) is 8.65. The lowest BCUT2D eigenvalue weighted by Gasteiger charge is -2.13. The number of aliphatic hydroxyl groups excluding tert-OH is 1. The quantitative estimate of drug-likeness (QED) is 0.468. The maximum atomic E-state index is 13.6. The van der Waals surface area contributed by atoms with E-state index in [-0.39, 0.29) is 19.0 Å². The molecular weight excluding hydrogens is 383 g/mol. The fourth-order valence-corrected chi connectivity index (χ4v) is 5.54. The minimum atomic E-state index is -0.638. The molecule has 1 aliphatic carbocycles. The molecule has 1 N–H and O–H groups in total. The molecule has 0 amide bonds. The van der Waals surface area contributed by atoms with Gasteiger partial charge in [0.25, 0.3) is 0 Å². The van der Waals surface area contributed by atoms with Gasteiger partial charge in [0.05, 0.1) is 19.3 Å². The van der Waals surface area contributed by atoms with Crippen molar-refractivity contribution in [2.45, 2.75) is 43.4 Å². The summed E-state index contributed by atoms with van der Waals surface area (Å²) >= 11 is 3.31. The van der Waals surface area contributed by atoms with Gasteiger partial charge in [-0.25, -0.2) is 14.4 Å². The fourth-order valence-electron chi connectivity index (χ4n) is 3.31. The van der Waals surface area contributed by atoms with Crippen LogP contribution >= 0.6 is 23.1 Å². The van der Waals surface area contributed by atoms with Crippen LogP contribution in [-0.2, 0) is 24.2 Å². The van der Waals surface area contributed by atoms with Gasteiger partial charge in [0.1, 0.15) is 22.0 Å². The molecule has 1 aromatic carbocycles. The number of halogens is 1. The maximum Gasteiger partial charge on any atom is 0.128 e. The normalized spacial score (nSPS) is 15.0. The van der Waals surface area contributed by atoms with Crippen molar-refractivity contribution < 1.29 is 14.2 Å². The summed E-state index contributed by atoms with van der Waals surface area (Å²) < 4.78 is 19.1. The van der Waals surface area contributed by atoms with E-state index in [0.29, 0.717) is 11.3 Å². The SMILES string of the molecule is O[C@H](COCc1ccccc1F)CSc1ncnc2sc3c(c12)CCCC3. The van der Waals surface area contributed by atoms with E-state index in [1.54, 1.807) is 35.9 Å². The van der Waals surface area contributed by atoms with E-state index in [4.69, 9.17) is 4.74 Å². The summed E-state index contributed by atoms with van der Waals surface area (Å²) in [5.41, 5.74) is 1.90. The third-order valence-electron chi connectivity index (χ3n) is 4.65. The van der Waals surface area contributed by atoms with Crippen molar-refractivity contribution in [2.75, 3.05) is 12.4 Å². The average molecular weight is 405 g/mol. The molecule has 0 saturated heterocycles. The maximum absolute atomic E-state index is 13.6. The third kappa shape index (κ3) is 4.32. The van der Waals surface area contributed by atoms with Crippen molar-refractivity contribution in [1.29, 1.82) is 0 Å². The molecule has 1 atom stereocenters. The molecule has 4 rings (SSSR count). The molecule has 142 valence electrons. The molecule has 1 aliphatic rings. The zero-order valence-electron chi connectivity index (χ0n) is 14.9. The van der Waals surface area contributed by atoms with Gasteiger partial charge in [-0.15, -0.1) is 23.1 Å². The predicted molar refractivity (Wildman–Crippen MR) is 107 cm³/mol. The topological polar surface area (TPSA) is 55.2 Å². The molecule has 0 unspecified atom stereocenters. The van der Waals surface area contributed by atoms with E-state index in [2.05, 4.69) is 9.97 Å². The molecule has 0 fully saturated rings. The zero-order chi connectivity index (χ0) is 18.6. The monoisotopic (exact) mass is 404 g/mol. The van der Waals surface area contributed by atoms with Gasteiger partial charge in [-0.1, -0.05) is 18.2 Å². The largest absolute Gasteiger partial charge is 0.390 e. The average Bonchev–Trinajstić information content (AvgIpc) is 3.07. The Bertz CT molecular complexity index is 931. The lowest BCUT2D eigenvalue weighted by Crippen LogP contribution is -2.18. The molecule has 0 saturated carbocycles. The van der Waals surface area contributed by atoms with Crippen LogP contribution in [0.3, 0.4) is 0 Å². The highest BCUT2D eigenvalue weighted by Gasteiger charge is 2.20. The number of rotatable bonds is 7.